The van der Waals surface area contributed by atoms with Gasteiger partial charge in [-0.1, -0.05) is 0 Å². The van der Waals surface area contributed by atoms with Crippen LogP contribution in [-0.2, 0) is 6.18 Å². The SMILES string of the molecule is O=Cc1ncc(C(F)(F)F)c(C=O)n1. The van der Waals surface area contributed by atoms with Crippen LogP contribution in [-0.4, -0.2) is 22.5 Å². The second kappa shape index (κ2) is 3.52. The topological polar surface area (TPSA) is 59.9 Å². The number of rotatable bonds is 2. The molecule has 0 aliphatic rings. The van der Waals surface area contributed by atoms with Crippen LogP contribution in [0.3, 0.4) is 0 Å². The maximum Gasteiger partial charge on any atom is 0.420 e. The molecular weight excluding hydrogens is 201 g/mol. The number of aldehydes is 2. The first kappa shape index (κ1) is 10.3. The van der Waals surface area contributed by atoms with Gasteiger partial charge in [-0.25, -0.2) is 9.97 Å². The van der Waals surface area contributed by atoms with E-state index >= 15 is 0 Å². The molecule has 1 aromatic rings. The third-order valence-electron chi connectivity index (χ3n) is 1.36. The molecule has 0 fully saturated rings. The van der Waals surface area contributed by atoms with E-state index in [1.807, 2.05) is 0 Å². The van der Waals surface area contributed by atoms with Crippen LogP contribution < -0.4 is 0 Å². The standard InChI is InChI=1S/C7H3F3N2O2/c8-7(9,10)4-1-11-6(3-14)12-5(4)2-13/h1-3H. The molecule has 0 radical (unpaired) electrons. The molecular formula is C7H3F3N2O2. The number of hydrogen-bond acceptors (Lipinski definition) is 4. The molecule has 4 nitrogen and oxygen atoms in total. The van der Waals surface area contributed by atoms with Crippen LogP contribution in [0.2, 0.25) is 0 Å². The van der Waals surface area contributed by atoms with Gasteiger partial charge >= 0.3 is 6.18 Å². The van der Waals surface area contributed by atoms with Gasteiger partial charge in [-0.3, -0.25) is 9.59 Å². The van der Waals surface area contributed by atoms with Crippen molar-refractivity contribution in [1.82, 2.24) is 9.97 Å². The van der Waals surface area contributed by atoms with Crippen molar-refractivity contribution in [1.29, 1.82) is 0 Å². The Morgan fingerprint density at radius 3 is 2.29 bits per heavy atom. The summed E-state index contributed by atoms with van der Waals surface area (Å²) in [5, 5.41) is 0. The molecule has 0 aliphatic carbocycles. The van der Waals surface area contributed by atoms with E-state index in [1.54, 1.807) is 0 Å². The Labute approximate surface area is 75.8 Å². The molecule has 0 bridgehead atoms. The molecule has 0 N–H and O–H groups in total. The molecule has 0 amide bonds. The lowest BCUT2D eigenvalue weighted by molar-refractivity contribution is -0.138. The predicted molar refractivity (Wildman–Crippen MR) is 37.8 cm³/mol. The molecule has 0 saturated heterocycles. The number of halogens is 3. The summed E-state index contributed by atoms with van der Waals surface area (Å²) in [5.74, 6) is -0.458. The van der Waals surface area contributed by atoms with Crippen LogP contribution in [0.1, 0.15) is 26.7 Å². The Balaban J connectivity index is 3.32. The largest absolute Gasteiger partial charge is 0.420 e. The Morgan fingerprint density at radius 2 is 1.86 bits per heavy atom. The summed E-state index contributed by atoms with van der Waals surface area (Å²) in [6, 6.07) is 0. The number of carbonyl (C=O) groups is 2. The van der Waals surface area contributed by atoms with Gasteiger partial charge in [0.15, 0.2) is 18.4 Å². The molecule has 0 saturated carbocycles. The minimum Gasteiger partial charge on any atom is -0.296 e. The van der Waals surface area contributed by atoms with Gasteiger partial charge in [0.25, 0.3) is 0 Å². The second-order valence-corrected chi connectivity index (χ2v) is 2.26. The highest BCUT2D eigenvalue weighted by molar-refractivity contribution is 5.77. The summed E-state index contributed by atoms with van der Waals surface area (Å²) >= 11 is 0. The van der Waals surface area contributed by atoms with Gasteiger partial charge in [0.05, 0.1) is 0 Å². The maximum atomic E-state index is 12.1. The molecule has 7 heteroatoms. The summed E-state index contributed by atoms with van der Waals surface area (Å²) < 4.78 is 36.4. The summed E-state index contributed by atoms with van der Waals surface area (Å²) in [6.07, 6.45) is -4.21. The highest BCUT2D eigenvalue weighted by Crippen LogP contribution is 2.29. The van der Waals surface area contributed by atoms with Crippen molar-refractivity contribution in [2.75, 3.05) is 0 Å². The van der Waals surface area contributed by atoms with E-state index in [0.29, 0.717) is 6.20 Å². The fraction of sp³-hybridized carbons (Fsp3) is 0.143. The van der Waals surface area contributed by atoms with E-state index in [9.17, 15) is 22.8 Å². The molecule has 0 aromatic carbocycles. The molecule has 0 unspecified atom stereocenters. The van der Waals surface area contributed by atoms with Crippen LogP contribution in [0.5, 0.6) is 0 Å². The lowest BCUT2D eigenvalue weighted by atomic mass is 10.2. The lowest BCUT2D eigenvalue weighted by Gasteiger charge is -2.07. The summed E-state index contributed by atoms with van der Waals surface area (Å²) in [7, 11) is 0. The van der Waals surface area contributed by atoms with E-state index < -0.39 is 23.3 Å². The van der Waals surface area contributed by atoms with Crippen molar-refractivity contribution in [3.8, 4) is 0 Å². The van der Waals surface area contributed by atoms with Crippen LogP contribution in [0.25, 0.3) is 0 Å². The molecule has 14 heavy (non-hydrogen) atoms. The van der Waals surface area contributed by atoms with Crippen LogP contribution in [0, 0.1) is 0 Å². The van der Waals surface area contributed by atoms with Crippen molar-refractivity contribution in [2.24, 2.45) is 0 Å². The van der Waals surface area contributed by atoms with E-state index in [1.165, 1.54) is 0 Å². The Bertz CT molecular complexity index is 376. The van der Waals surface area contributed by atoms with Gasteiger partial charge in [0, 0.05) is 6.20 Å². The highest BCUT2D eigenvalue weighted by Gasteiger charge is 2.34. The van der Waals surface area contributed by atoms with E-state index in [0.717, 1.165) is 0 Å². The van der Waals surface area contributed by atoms with Crippen molar-refractivity contribution in [3.63, 3.8) is 0 Å². The normalized spacial score (nSPS) is 11.1. The first-order chi connectivity index (χ1) is 6.49. The van der Waals surface area contributed by atoms with Crippen molar-refractivity contribution in [2.45, 2.75) is 6.18 Å². The van der Waals surface area contributed by atoms with E-state index in [4.69, 9.17) is 0 Å². The minimum atomic E-state index is -4.70. The third kappa shape index (κ3) is 1.93. The Morgan fingerprint density at radius 1 is 1.21 bits per heavy atom. The van der Waals surface area contributed by atoms with Gasteiger partial charge < -0.3 is 0 Å². The third-order valence-corrected chi connectivity index (χ3v) is 1.36. The molecule has 0 atom stereocenters. The van der Waals surface area contributed by atoms with Gasteiger partial charge in [-0.05, 0) is 0 Å². The van der Waals surface area contributed by atoms with Gasteiger partial charge in [-0.15, -0.1) is 0 Å². The number of nitrogens with zero attached hydrogens (tertiary/aromatic N) is 2. The second-order valence-electron chi connectivity index (χ2n) is 2.26. The van der Waals surface area contributed by atoms with Gasteiger partial charge in [0.1, 0.15) is 11.3 Å². The number of aromatic nitrogens is 2. The van der Waals surface area contributed by atoms with Crippen LogP contribution in [0.15, 0.2) is 6.20 Å². The number of carbonyl (C=O) groups excluding carboxylic acids is 2. The number of hydrogen-bond donors (Lipinski definition) is 0. The zero-order chi connectivity index (χ0) is 10.8. The monoisotopic (exact) mass is 204 g/mol. The average molecular weight is 204 g/mol. The molecule has 74 valence electrons. The average Bonchev–Trinajstić information content (AvgIpc) is 2.15. The van der Waals surface area contributed by atoms with Crippen molar-refractivity contribution in [3.05, 3.63) is 23.3 Å². The molecule has 0 aliphatic heterocycles. The molecule has 1 heterocycles. The smallest absolute Gasteiger partial charge is 0.296 e. The fourth-order valence-corrected chi connectivity index (χ4v) is 0.774. The van der Waals surface area contributed by atoms with Crippen LogP contribution >= 0.6 is 0 Å². The summed E-state index contributed by atoms with van der Waals surface area (Å²) in [6.45, 7) is 0. The van der Waals surface area contributed by atoms with E-state index in [-0.39, 0.29) is 12.6 Å². The van der Waals surface area contributed by atoms with Gasteiger partial charge in [-0.2, -0.15) is 13.2 Å². The quantitative estimate of drug-likeness (QED) is 0.677. The van der Waals surface area contributed by atoms with Crippen LogP contribution in [0.4, 0.5) is 13.2 Å². The maximum absolute atomic E-state index is 12.1. The van der Waals surface area contributed by atoms with Crippen molar-refractivity contribution < 1.29 is 22.8 Å². The Kier molecular flexibility index (Phi) is 2.59. The predicted octanol–water partition coefficient (Wildman–Crippen LogP) is 1.12. The molecule has 0 spiro atoms. The number of alkyl halides is 3. The van der Waals surface area contributed by atoms with Gasteiger partial charge in [0.2, 0.25) is 0 Å². The Hall–Kier alpha value is -1.79. The highest BCUT2D eigenvalue weighted by atomic mass is 19.4. The zero-order valence-corrected chi connectivity index (χ0v) is 6.58. The zero-order valence-electron chi connectivity index (χ0n) is 6.58. The fourth-order valence-electron chi connectivity index (χ4n) is 0.774. The summed E-state index contributed by atoms with van der Waals surface area (Å²) in [4.78, 5) is 26.6. The first-order valence-corrected chi connectivity index (χ1v) is 3.33. The van der Waals surface area contributed by atoms with E-state index in [2.05, 4.69) is 9.97 Å². The summed E-state index contributed by atoms with van der Waals surface area (Å²) in [5.41, 5.74) is -2.09. The molecule has 1 aromatic heterocycles. The van der Waals surface area contributed by atoms with Crippen molar-refractivity contribution >= 4 is 12.6 Å². The molecule has 1 rings (SSSR count). The lowest BCUT2D eigenvalue weighted by Crippen LogP contribution is -2.12. The minimum absolute atomic E-state index is 0.0719. The first-order valence-electron chi connectivity index (χ1n) is 3.33.